The molecule has 0 saturated heterocycles. The van der Waals surface area contributed by atoms with Crippen LogP contribution in [0.4, 0.5) is 0 Å². The van der Waals surface area contributed by atoms with E-state index in [0.717, 1.165) is 6.54 Å². The van der Waals surface area contributed by atoms with Crippen LogP contribution in [0.25, 0.3) is 16.0 Å². The van der Waals surface area contributed by atoms with Gasteiger partial charge in [0.2, 0.25) is 0 Å². The van der Waals surface area contributed by atoms with Crippen molar-refractivity contribution in [2.75, 3.05) is 13.6 Å². The minimum atomic E-state index is 0. The van der Waals surface area contributed by atoms with E-state index >= 15 is 0 Å². The maximum Gasteiger partial charge on any atom is 3.00 e. The molecule has 0 aliphatic rings. The van der Waals surface area contributed by atoms with E-state index in [9.17, 15) is 0 Å². The second kappa shape index (κ2) is 20.9. The van der Waals surface area contributed by atoms with Crippen LogP contribution in [0.5, 0.6) is 0 Å². The van der Waals surface area contributed by atoms with E-state index in [1.807, 2.05) is 6.92 Å². The van der Waals surface area contributed by atoms with Crippen molar-refractivity contribution in [1.82, 2.24) is 0 Å². The molecule has 0 aromatic rings. The van der Waals surface area contributed by atoms with E-state index < -0.39 is 0 Å². The molecule has 4 heteroatoms. The summed E-state index contributed by atoms with van der Waals surface area (Å²) in [5.74, 6) is 0. The van der Waals surface area contributed by atoms with Crippen LogP contribution in [0.15, 0.2) is 0 Å². The van der Waals surface area contributed by atoms with Crippen LogP contribution in [0, 0.1) is 0 Å². The Labute approximate surface area is 137 Å². The van der Waals surface area contributed by atoms with Gasteiger partial charge in [-0.15, -0.1) is 24.2 Å². The summed E-state index contributed by atoms with van der Waals surface area (Å²) < 4.78 is 0. The van der Waals surface area contributed by atoms with Gasteiger partial charge in [0.1, 0.15) is 0 Å². The summed E-state index contributed by atoms with van der Waals surface area (Å²) in [5.41, 5.74) is 0. The van der Waals surface area contributed by atoms with Crippen molar-refractivity contribution in [2.24, 2.45) is 0 Å². The van der Waals surface area contributed by atoms with Gasteiger partial charge in [-0.2, -0.15) is 13.6 Å². The van der Waals surface area contributed by atoms with Gasteiger partial charge in [0.15, 0.2) is 0 Å². The van der Waals surface area contributed by atoms with Crippen LogP contribution in [0.1, 0.15) is 62.3 Å². The van der Waals surface area contributed by atoms with Gasteiger partial charge in [0.25, 0.3) is 0 Å². The smallest absolute Gasteiger partial charge is 0.665 e. The summed E-state index contributed by atoms with van der Waals surface area (Å²) in [4.78, 5) is 0. The molecule has 117 valence electrons. The molecule has 3 nitrogen and oxygen atoms in total. The first-order chi connectivity index (χ1) is 8.17. The van der Waals surface area contributed by atoms with Gasteiger partial charge in [0, 0.05) is 0 Å². The minimum Gasteiger partial charge on any atom is -0.665 e. The van der Waals surface area contributed by atoms with Crippen molar-refractivity contribution in [2.45, 2.75) is 86.5 Å². The van der Waals surface area contributed by atoms with Gasteiger partial charge < -0.3 is 16.0 Å². The molecule has 0 bridgehead atoms. The molecule has 0 amide bonds. The normalized spacial score (nSPS) is 9.79. The zero-order chi connectivity index (χ0) is 15.1. The average molecular weight is 354 g/mol. The van der Waals surface area contributed by atoms with Crippen molar-refractivity contribution in [3.8, 4) is 0 Å². The molecule has 0 aliphatic heterocycles. The van der Waals surface area contributed by atoms with E-state index in [0.29, 0.717) is 24.2 Å². The van der Waals surface area contributed by atoms with Crippen molar-refractivity contribution in [1.29, 1.82) is 0 Å². The molecule has 0 aromatic carbocycles. The topological polar surface area (TPSA) is 42.3 Å². The molecule has 19 heavy (non-hydrogen) atoms. The first-order valence-electron chi connectivity index (χ1n) is 7.12. The molecular formula is C15H36MoN3. The molecule has 0 spiro atoms. The van der Waals surface area contributed by atoms with Gasteiger partial charge in [-0.25, -0.2) is 0 Å². The Morgan fingerprint density at radius 1 is 0.632 bits per heavy atom. The minimum absolute atomic E-state index is 0. The predicted octanol–water partition coefficient (Wildman–Crippen LogP) is 5.36. The van der Waals surface area contributed by atoms with E-state index in [4.69, 9.17) is 0 Å². The fourth-order valence-corrected chi connectivity index (χ4v) is 1.19. The van der Waals surface area contributed by atoms with Crippen molar-refractivity contribution < 1.29 is 21.1 Å². The second-order valence-corrected chi connectivity index (χ2v) is 5.31. The molecule has 0 aliphatic carbocycles. The Balaban J connectivity index is -0.0000000900. The number of hydrogen-bond donors (Lipinski definition) is 0. The summed E-state index contributed by atoms with van der Waals surface area (Å²) in [7, 11) is 1.81. The van der Waals surface area contributed by atoms with E-state index in [-0.39, 0.29) is 21.1 Å². The molecule has 0 N–H and O–H groups in total. The van der Waals surface area contributed by atoms with Crippen molar-refractivity contribution >= 4 is 0 Å². The van der Waals surface area contributed by atoms with Crippen LogP contribution in [0.3, 0.4) is 0 Å². The predicted molar refractivity (Wildman–Crippen MR) is 87.1 cm³/mol. The third kappa shape index (κ3) is 55.7. The molecule has 0 unspecified atom stereocenters. The Morgan fingerprint density at radius 2 is 0.789 bits per heavy atom. The van der Waals surface area contributed by atoms with Crippen LogP contribution >= 0.6 is 0 Å². The summed E-state index contributed by atoms with van der Waals surface area (Å²) in [6.45, 7) is 19.7. The molecule has 0 atom stereocenters. The molecule has 0 fully saturated rings. The first kappa shape index (κ1) is 27.8. The van der Waals surface area contributed by atoms with E-state index in [1.54, 1.807) is 7.05 Å². The standard InChI is InChI=1S/2C6H14N.C3H8N.Mo/c2*1-5(2)7-6(3)4;1-3-4-2;/h2*5-6H,1-4H3;3H2,1-2H3;/q3*-1;+3. The molecular weight excluding hydrogens is 318 g/mol. The van der Waals surface area contributed by atoms with Crippen LogP contribution in [-0.2, 0) is 21.1 Å². The zero-order valence-electron chi connectivity index (χ0n) is 14.8. The van der Waals surface area contributed by atoms with Crippen LogP contribution < -0.4 is 0 Å². The fraction of sp³-hybridized carbons (Fsp3) is 1.00. The quantitative estimate of drug-likeness (QED) is 0.597. The Morgan fingerprint density at radius 3 is 0.789 bits per heavy atom. The zero-order valence-corrected chi connectivity index (χ0v) is 16.8. The second-order valence-electron chi connectivity index (χ2n) is 5.31. The summed E-state index contributed by atoms with van der Waals surface area (Å²) in [6, 6.07) is 2.00. The van der Waals surface area contributed by atoms with E-state index in [2.05, 4.69) is 71.3 Å². The average Bonchev–Trinajstić information content (AvgIpc) is 2.14. The third-order valence-corrected chi connectivity index (χ3v) is 1.51. The van der Waals surface area contributed by atoms with Crippen molar-refractivity contribution in [3.63, 3.8) is 0 Å². The Hall–Kier alpha value is 0.568. The van der Waals surface area contributed by atoms with Gasteiger partial charge in [0.05, 0.1) is 0 Å². The van der Waals surface area contributed by atoms with Gasteiger partial charge >= 0.3 is 21.1 Å². The van der Waals surface area contributed by atoms with E-state index in [1.165, 1.54) is 0 Å². The summed E-state index contributed by atoms with van der Waals surface area (Å²) in [5, 5.41) is 12.3. The summed E-state index contributed by atoms with van der Waals surface area (Å²) >= 11 is 0. The molecule has 0 heterocycles. The molecule has 0 saturated carbocycles. The molecule has 1 radical (unpaired) electrons. The number of hydrogen-bond acceptors (Lipinski definition) is 0. The SMILES string of the molecule is CC(C)[N-]C(C)C.CC(C)[N-]C(C)C.CC[N-]C.[Mo+3]. The van der Waals surface area contributed by atoms with Gasteiger partial charge in [-0.1, -0.05) is 62.3 Å². The third-order valence-electron chi connectivity index (χ3n) is 1.51. The maximum atomic E-state index is 4.28. The number of rotatable bonds is 5. The summed E-state index contributed by atoms with van der Waals surface area (Å²) in [6.07, 6.45) is 0. The molecule has 0 rings (SSSR count). The number of nitrogens with zero attached hydrogens (tertiary/aromatic N) is 3. The Bertz CT molecular complexity index is 109. The van der Waals surface area contributed by atoms with Crippen molar-refractivity contribution in [3.05, 3.63) is 16.0 Å². The van der Waals surface area contributed by atoms with Crippen LogP contribution in [-0.4, -0.2) is 37.8 Å². The van der Waals surface area contributed by atoms with Gasteiger partial charge in [-0.3, -0.25) is 0 Å². The largest absolute Gasteiger partial charge is 3.00 e. The Kier molecular flexibility index (Phi) is 30.6. The van der Waals surface area contributed by atoms with Gasteiger partial charge in [-0.05, 0) is 0 Å². The fourth-order valence-electron chi connectivity index (χ4n) is 1.19. The maximum absolute atomic E-state index is 4.28. The van der Waals surface area contributed by atoms with Crippen LogP contribution in [0.2, 0.25) is 0 Å². The monoisotopic (exact) mass is 356 g/mol. The molecule has 0 aromatic heterocycles. The first-order valence-corrected chi connectivity index (χ1v) is 7.12.